The molecule has 0 saturated carbocycles. The number of carbonyl (C=O) groups is 2. The molecule has 32 heavy (non-hydrogen) atoms. The summed E-state index contributed by atoms with van der Waals surface area (Å²) in [5.41, 5.74) is 2.93. The maximum atomic E-state index is 13.0. The molecule has 1 fully saturated rings. The fourth-order valence-corrected chi connectivity index (χ4v) is 3.81. The van der Waals surface area contributed by atoms with Gasteiger partial charge in [0.25, 0.3) is 5.56 Å². The van der Waals surface area contributed by atoms with Crippen molar-refractivity contribution in [3.05, 3.63) is 63.7 Å². The Labute approximate surface area is 185 Å². The van der Waals surface area contributed by atoms with Crippen LogP contribution in [0.2, 0.25) is 0 Å². The molecule has 1 atom stereocenters. The van der Waals surface area contributed by atoms with E-state index in [2.05, 4.69) is 20.4 Å². The summed E-state index contributed by atoms with van der Waals surface area (Å²) in [6.45, 7) is 6.09. The first-order valence-electron chi connectivity index (χ1n) is 10.7. The van der Waals surface area contributed by atoms with E-state index in [-0.39, 0.29) is 29.7 Å². The number of benzene rings is 1. The van der Waals surface area contributed by atoms with Crippen LogP contribution in [0.5, 0.6) is 0 Å². The number of amides is 2. The van der Waals surface area contributed by atoms with Gasteiger partial charge in [0.15, 0.2) is 0 Å². The van der Waals surface area contributed by atoms with Gasteiger partial charge in [0, 0.05) is 36.5 Å². The third-order valence-corrected chi connectivity index (χ3v) is 5.41. The molecular weight excluding hydrogens is 408 g/mol. The Hall–Kier alpha value is -3.75. The summed E-state index contributed by atoms with van der Waals surface area (Å²) in [6, 6.07) is 10.8. The van der Waals surface area contributed by atoms with Crippen LogP contribution >= 0.6 is 0 Å². The number of anilines is 2. The molecule has 1 aliphatic rings. The number of aromatic amines is 1. The Balaban J connectivity index is 1.54. The lowest BCUT2D eigenvalue weighted by Crippen LogP contribution is -2.29. The van der Waals surface area contributed by atoms with Crippen molar-refractivity contribution >= 4 is 23.3 Å². The van der Waals surface area contributed by atoms with Gasteiger partial charge in [0.2, 0.25) is 17.8 Å². The van der Waals surface area contributed by atoms with Crippen molar-refractivity contribution in [3.63, 3.8) is 0 Å². The average Bonchev–Trinajstić information content (AvgIpc) is 3.31. The van der Waals surface area contributed by atoms with Gasteiger partial charge in [-0.25, -0.2) is 4.98 Å². The number of carbonyl (C=O) groups excluding carboxylic acids is 2. The van der Waals surface area contributed by atoms with Gasteiger partial charge in [-0.05, 0) is 32.4 Å². The molecule has 3 heterocycles. The summed E-state index contributed by atoms with van der Waals surface area (Å²) in [5.74, 6) is -0.220. The van der Waals surface area contributed by atoms with Crippen LogP contribution in [-0.2, 0) is 16.0 Å². The van der Waals surface area contributed by atoms with Crippen molar-refractivity contribution in [2.75, 3.05) is 16.8 Å². The molecule has 9 nitrogen and oxygen atoms in total. The first-order valence-corrected chi connectivity index (χ1v) is 10.7. The Kier molecular flexibility index (Phi) is 5.89. The molecule has 2 aromatic heterocycles. The molecular formula is C23H26N6O3. The molecule has 166 valence electrons. The van der Waals surface area contributed by atoms with Gasteiger partial charge in [-0.1, -0.05) is 31.0 Å². The number of hydrogen-bond acceptors (Lipinski definition) is 5. The molecule has 0 spiro atoms. The standard InChI is InChI=1S/C23H26N6O3/c1-4-5-17-12-20(30)26-23(24-17)29-19(10-15(3)27-29)25-22(32)16-11-21(31)28(13-16)18-8-6-14(2)7-9-18/h6-10,12,16H,4-5,11,13H2,1-3H3,(H,25,32)(H,24,26,30). The Morgan fingerprint density at radius 3 is 2.66 bits per heavy atom. The van der Waals surface area contributed by atoms with Crippen LogP contribution in [0.4, 0.5) is 11.5 Å². The van der Waals surface area contributed by atoms with Gasteiger partial charge >= 0.3 is 0 Å². The summed E-state index contributed by atoms with van der Waals surface area (Å²) < 4.78 is 1.42. The quantitative estimate of drug-likeness (QED) is 0.619. The van der Waals surface area contributed by atoms with E-state index in [9.17, 15) is 14.4 Å². The van der Waals surface area contributed by atoms with Crippen LogP contribution in [0.15, 0.2) is 41.2 Å². The van der Waals surface area contributed by atoms with E-state index >= 15 is 0 Å². The van der Waals surface area contributed by atoms with E-state index < -0.39 is 5.92 Å². The largest absolute Gasteiger partial charge is 0.312 e. The molecule has 1 unspecified atom stereocenters. The van der Waals surface area contributed by atoms with Crippen LogP contribution in [0.25, 0.3) is 5.95 Å². The maximum Gasteiger partial charge on any atom is 0.252 e. The lowest BCUT2D eigenvalue weighted by molar-refractivity contribution is -0.122. The zero-order valence-corrected chi connectivity index (χ0v) is 18.4. The third kappa shape index (κ3) is 4.46. The molecule has 3 aromatic rings. The molecule has 4 rings (SSSR count). The van der Waals surface area contributed by atoms with Crippen LogP contribution in [0.3, 0.4) is 0 Å². The first kappa shape index (κ1) is 21.5. The van der Waals surface area contributed by atoms with Crippen LogP contribution in [0.1, 0.15) is 36.7 Å². The predicted octanol–water partition coefficient (Wildman–Crippen LogP) is 2.52. The molecule has 1 aliphatic heterocycles. The summed E-state index contributed by atoms with van der Waals surface area (Å²) in [6.07, 6.45) is 1.65. The number of nitrogens with zero attached hydrogens (tertiary/aromatic N) is 4. The number of nitrogens with one attached hydrogen (secondary N) is 2. The monoisotopic (exact) mass is 434 g/mol. The van der Waals surface area contributed by atoms with Gasteiger partial charge in [-0.3, -0.25) is 19.4 Å². The minimum absolute atomic E-state index is 0.0862. The molecule has 1 aromatic carbocycles. The van der Waals surface area contributed by atoms with Crippen LogP contribution in [-0.4, -0.2) is 38.1 Å². The molecule has 0 bridgehead atoms. The second-order valence-electron chi connectivity index (χ2n) is 8.12. The van der Waals surface area contributed by atoms with E-state index in [1.54, 1.807) is 17.9 Å². The molecule has 2 amide bonds. The highest BCUT2D eigenvalue weighted by Crippen LogP contribution is 2.26. The summed E-state index contributed by atoms with van der Waals surface area (Å²) in [5, 5.41) is 7.25. The number of aromatic nitrogens is 4. The first-order chi connectivity index (χ1) is 15.3. The summed E-state index contributed by atoms with van der Waals surface area (Å²) in [7, 11) is 0. The molecule has 1 saturated heterocycles. The van der Waals surface area contributed by atoms with Gasteiger partial charge in [0.1, 0.15) is 5.82 Å². The SMILES string of the molecule is CCCc1cc(=O)[nH]c(-n2nc(C)cc2NC(=O)C2CC(=O)N(c3ccc(C)cc3)C2)n1. The minimum atomic E-state index is -0.495. The van der Waals surface area contributed by atoms with Crippen molar-refractivity contribution in [1.82, 2.24) is 19.7 Å². The van der Waals surface area contributed by atoms with Crippen molar-refractivity contribution < 1.29 is 9.59 Å². The molecule has 9 heteroatoms. The summed E-state index contributed by atoms with van der Waals surface area (Å²) in [4.78, 5) is 46.4. The number of aryl methyl sites for hydroxylation is 3. The molecule has 0 aliphatic carbocycles. The predicted molar refractivity (Wildman–Crippen MR) is 121 cm³/mol. The highest BCUT2D eigenvalue weighted by atomic mass is 16.2. The van der Waals surface area contributed by atoms with Crippen LogP contribution < -0.4 is 15.8 Å². The molecule has 2 N–H and O–H groups in total. The zero-order valence-electron chi connectivity index (χ0n) is 18.4. The van der Waals surface area contributed by atoms with E-state index in [1.807, 2.05) is 38.1 Å². The third-order valence-electron chi connectivity index (χ3n) is 5.41. The van der Waals surface area contributed by atoms with Crippen molar-refractivity contribution in [2.45, 2.75) is 40.0 Å². The van der Waals surface area contributed by atoms with Crippen molar-refractivity contribution in [2.24, 2.45) is 5.92 Å². The number of rotatable bonds is 6. The fourth-order valence-electron chi connectivity index (χ4n) is 3.81. The second-order valence-corrected chi connectivity index (χ2v) is 8.12. The van der Waals surface area contributed by atoms with E-state index in [0.29, 0.717) is 30.2 Å². The number of H-pyrrole nitrogens is 1. The van der Waals surface area contributed by atoms with Gasteiger partial charge in [0.05, 0.1) is 11.6 Å². The van der Waals surface area contributed by atoms with Crippen molar-refractivity contribution in [3.8, 4) is 5.95 Å². The fraction of sp³-hybridized carbons (Fsp3) is 0.348. The average molecular weight is 435 g/mol. The highest BCUT2D eigenvalue weighted by Gasteiger charge is 2.35. The smallest absolute Gasteiger partial charge is 0.252 e. The zero-order chi connectivity index (χ0) is 22.8. The minimum Gasteiger partial charge on any atom is -0.312 e. The van der Waals surface area contributed by atoms with Gasteiger partial charge < -0.3 is 10.2 Å². The second kappa shape index (κ2) is 8.78. The van der Waals surface area contributed by atoms with Gasteiger partial charge in [-0.15, -0.1) is 0 Å². The van der Waals surface area contributed by atoms with E-state index in [4.69, 9.17) is 0 Å². The topological polar surface area (TPSA) is 113 Å². The maximum absolute atomic E-state index is 13.0. The Morgan fingerprint density at radius 2 is 1.94 bits per heavy atom. The highest BCUT2D eigenvalue weighted by molar-refractivity contribution is 6.03. The molecule has 0 radical (unpaired) electrons. The van der Waals surface area contributed by atoms with E-state index in [0.717, 1.165) is 17.7 Å². The number of hydrogen-bond donors (Lipinski definition) is 2. The van der Waals surface area contributed by atoms with E-state index in [1.165, 1.54) is 10.7 Å². The van der Waals surface area contributed by atoms with Gasteiger partial charge in [-0.2, -0.15) is 9.78 Å². The van der Waals surface area contributed by atoms with Crippen molar-refractivity contribution in [1.29, 1.82) is 0 Å². The normalized spacial score (nSPS) is 15.9. The lowest BCUT2D eigenvalue weighted by atomic mass is 10.1. The van der Waals surface area contributed by atoms with Crippen LogP contribution in [0, 0.1) is 19.8 Å². The lowest BCUT2D eigenvalue weighted by Gasteiger charge is -2.17. The Morgan fingerprint density at radius 1 is 1.19 bits per heavy atom. The summed E-state index contributed by atoms with van der Waals surface area (Å²) >= 11 is 0. The Bertz CT molecular complexity index is 1210.